The second kappa shape index (κ2) is 8.75. The monoisotopic (exact) mass is 474 g/mol. The van der Waals surface area contributed by atoms with Crippen molar-refractivity contribution in [2.24, 2.45) is 11.8 Å². The van der Waals surface area contributed by atoms with Gasteiger partial charge in [0.15, 0.2) is 0 Å². The molecule has 12 heteroatoms. The number of amides is 1. The topological polar surface area (TPSA) is 127 Å². The first-order valence-corrected chi connectivity index (χ1v) is 13.0. The second-order valence-corrected chi connectivity index (χ2v) is 11.3. The molecule has 0 aliphatic carbocycles. The summed E-state index contributed by atoms with van der Waals surface area (Å²) >= 11 is 0. The molecule has 2 atom stereocenters. The van der Waals surface area contributed by atoms with Crippen LogP contribution >= 0.6 is 0 Å². The Kier molecular flexibility index (Phi) is 6.63. The Morgan fingerprint density at radius 1 is 1.29 bits per heavy atom. The summed E-state index contributed by atoms with van der Waals surface area (Å²) in [5.41, 5.74) is -0.0623. The zero-order chi connectivity index (χ0) is 23.0. The minimum absolute atomic E-state index is 0.0131. The van der Waals surface area contributed by atoms with Crippen LogP contribution in [0.4, 0.5) is 5.69 Å². The van der Waals surface area contributed by atoms with Gasteiger partial charge in [-0.15, -0.1) is 0 Å². The Bertz CT molecular complexity index is 1080. The molecule has 0 N–H and O–H groups in total. The zero-order valence-electron chi connectivity index (χ0n) is 17.6. The van der Waals surface area contributed by atoms with Crippen LogP contribution in [-0.2, 0) is 34.4 Å². The fourth-order valence-electron chi connectivity index (χ4n) is 3.83. The number of hydrogen-bond acceptors (Lipinski definition) is 8. The van der Waals surface area contributed by atoms with Gasteiger partial charge in [-0.05, 0) is 38.0 Å². The molecule has 2 aliphatic heterocycles. The van der Waals surface area contributed by atoms with Crippen LogP contribution in [0, 0.1) is 11.8 Å². The Balaban J connectivity index is 2.00. The molecule has 172 valence electrons. The van der Waals surface area contributed by atoms with Gasteiger partial charge in [-0.1, -0.05) is 6.92 Å². The molecule has 1 aromatic rings. The van der Waals surface area contributed by atoms with Gasteiger partial charge in [0.1, 0.15) is 10.6 Å². The summed E-state index contributed by atoms with van der Waals surface area (Å²) in [6, 6.07) is 3.79. The van der Waals surface area contributed by atoms with E-state index < -0.39 is 43.8 Å². The van der Waals surface area contributed by atoms with E-state index in [0.717, 1.165) is 6.07 Å². The lowest BCUT2D eigenvalue weighted by molar-refractivity contribution is -0.149. The van der Waals surface area contributed by atoms with Crippen molar-refractivity contribution in [3.05, 3.63) is 18.2 Å². The molecule has 31 heavy (non-hydrogen) atoms. The number of nitrogens with zero attached hydrogens (tertiary/aromatic N) is 2. The summed E-state index contributed by atoms with van der Waals surface area (Å²) in [7, 11) is -6.74. The molecular formula is C19H26N2O8S2. The van der Waals surface area contributed by atoms with Gasteiger partial charge in [0.2, 0.25) is 26.0 Å². The zero-order valence-corrected chi connectivity index (χ0v) is 19.2. The van der Waals surface area contributed by atoms with Crippen LogP contribution in [0.1, 0.15) is 26.7 Å². The Morgan fingerprint density at radius 3 is 2.58 bits per heavy atom. The number of carbonyl (C=O) groups is 2. The number of esters is 1. The molecule has 2 aliphatic rings. The van der Waals surface area contributed by atoms with Gasteiger partial charge in [-0.2, -0.15) is 4.31 Å². The van der Waals surface area contributed by atoms with Crippen LogP contribution < -0.4 is 9.04 Å². The highest BCUT2D eigenvalue weighted by Gasteiger charge is 2.43. The summed E-state index contributed by atoms with van der Waals surface area (Å²) in [6.45, 7) is 3.54. The molecule has 1 amide bonds. The van der Waals surface area contributed by atoms with Crippen molar-refractivity contribution in [2.75, 3.05) is 36.9 Å². The number of ether oxygens (including phenoxy) is 2. The van der Waals surface area contributed by atoms with Crippen molar-refractivity contribution in [1.82, 2.24) is 4.31 Å². The lowest BCUT2D eigenvalue weighted by Crippen LogP contribution is -2.42. The maximum Gasteiger partial charge on any atom is 0.310 e. The number of piperidine rings is 1. The first kappa shape index (κ1) is 23.5. The van der Waals surface area contributed by atoms with Crippen LogP contribution in [0.25, 0.3) is 0 Å². The molecule has 0 bridgehead atoms. The molecule has 0 unspecified atom stereocenters. The number of sulfonamides is 2. The molecule has 10 nitrogen and oxygen atoms in total. The number of benzene rings is 1. The van der Waals surface area contributed by atoms with E-state index in [0.29, 0.717) is 17.1 Å². The molecule has 0 saturated carbocycles. The quantitative estimate of drug-likeness (QED) is 0.558. The van der Waals surface area contributed by atoms with Crippen molar-refractivity contribution in [3.8, 4) is 5.75 Å². The van der Waals surface area contributed by atoms with Crippen molar-refractivity contribution in [3.63, 3.8) is 0 Å². The highest BCUT2D eigenvalue weighted by molar-refractivity contribution is 7.94. The molecular weight excluding hydrogens is 448 g/mol. The number of hydrogen-bond donors (Lipinski definition) is 0. The average molecular weight is 475 g/mol. The first-order valence-electron chi connectivity index (χ1n) is 9.94. The highest BCUT2D eigenvalue weighted by atomic mass is 32.2. The molecule has 2 heterocycles. The summed E-state index contributed by atoms with van der Waals surface area (Å²) in [4.78, 5) is 24.3. The van der Waals surface area contributed by atoms with Crippen LogP contribution in [-0.4, -0.2) is 65.6 Å². The maximum absolute atomic E-state index is 13.4. The summed E-state index contributed by atoms with van der Waals surface area (Å²) < 4.78 is 63.7. The van der Waals surface area contributed by atoms with Gasteiger partial charge in [0.05, 0.1) is 37.0 Å². The number of carbonyl (C=O) groups excluding carboxylic acids is 2. The van der Waals surface area contributed by atoms with E-state index in [9.17, 15) is 26.4 Å². The largest absolute Gasteiger partial charge is 0.495 e. The minimum atomic E-state index is -4.14. The van der Waals surface area contributed by atoms with Crippen LogP contribution in [0.15, 0.2) is 23.1 Å². The van der Waals surface area contributed by atoms with E-state index in [-0.39, 0.29) is 41.8 Å². The Hall–Kier alpha value is -2.18. The van der Waals surface area contributed by atoms with Crippen molar-refractivity contribution >= 4 is 37.6 Å². The molecule has 2 saturated heterocycles. The van der Waals surface area contributed by atoms with E-state index in [4.69, 9.17) is 9.47 Å². The summed E-state index contributed by atoms with van der Waals surface area (Å²) in [6.07, 6.45) is 0.988. The Morgan fingerprint density at radius 2 is 2.00 bits per heavy atom. The van der Waals surface area contributed by atoms with Gasteiger partial charge in [-0.25, -0.2) is 21.1 Å². The van der Waals surface area contributed by atoms with Gasteiger partial charge in [0.25, 0.3) is 0 Å². The maximum atomic E-state index is 13.4. The fourth-order valence-corrected chi connectivity index (χ4v) is 7.34. The number of rotatable bonds is 6. The highest BCUT2D eigenvalue weighted by Crippen LogP contribution is 2.36. The fraction of sp³-hybridized carbons (Fsp3) is 0.579. The lowest BCUT2D eigenvalue weighted by atomic mass is 10.0. The molecule has 3 rings (SSSR count). The first-order chi connectivity index (χ1) is 14.5. The molecule has 0 aromatic heterocycles. The van der Waals surface area contributed by atoms with E-state index in [1.165, 1.54) is 30.5 Å². The number of anilines is 1. The van der Waals surface area contributed by atoms with Crippen molar-refractivity contribution in [2.45, 2.75) is 31.6 Å². The van der Waals surface area contributed by atoms with Crippen LogP contribution in [0.5, 0.6) is 5.75 Å². The van der Waals surface area contributed by atoms with Crippen molar-refractivity contribution in [1.29, 1.82) is 0 Å². The van der Waals surface area contributed by atoms with E-state index in [1.807, 2.05) is 0 Å². The van der Waals surface area contributed by atoms with E-state index in [1.54, 1.807) is 6.92 Å². The predicted octanol–water partition coefficient (Wildman–Crippen LogP) is 0.972. The third-order valence-corrected chi connectivity index (χ3v) is 9.12. The molecule has 2 fully saturated rings. The van der Waals surface area contributed by atoms with Gasteiger partial charge >= 0.3 is 5.97 Å². The SMILES string of the molecule is CCOC(=O)[C@H]1CCCN(S(=O)(=O)c2cc(N3C(=O)[C@H](C)CS3(=O)=O)ccc2OC)C1. The normalized spacial score (nSPS) is 24.2. The lowest BCUT2D eigenvalue weighted by Gasteiger charge is -2.31. The number of methoxy groups -OCH3 is 1. The smallest absolute Gasteiger partial charge is 0.310 e. The minimum Gasteiger partial charge on any atom is -0.495 e. The van der Waals surface area contributed by atoms with Crippen LogP contribution in [0.2, 0.25) is 0 Å². The molecule has 0 radical (unpaired) electrons. The summed E-state index contributed by atoms with van der Waals surface area (Å²) in [5, 5.41) is 0. The van der Waals surface area contributed by atoms with Crippen LogP contribution in [0.3, 0.4) is 0 Å². The van der Waals surface area contributed by atoms with E-state index >= 15 is 0 Å². The third-order valence-electron chi connectivity index (χ3n) is 5.36. The van der Waals surface area contributed by atoms with Crippen molar-refractivity contribution < 1.29 is 35.9 Å². The molecule has 1 aromatic carbocycles. The van der Waals surface area contributed by atoms with Gasteiger partial charge < -0.3 is 9.47 Å². The van der Waals surface area contributed by atoms with Gasteiger partial charge in [0, 0.05) is 13.1 Å². The predicted molar refractivity (Wildman–Crippen MR) is 112 cm³/mol. The third kappa shape index (κ3) is 4.41. The second-order valence-electron chi connectivity index (χ2n) is 7.57. The summed E-state index contributed by atoms with van der Waals surface area (Å²) in [5.74, 6) is -2.70. The van der Waals surface area contributed by atoms with Gasteiger partial charge in [-0.3, -0.25) is 9.59 Å². The molecule has 0 spiro atoms. The van der Waals surface area contributed by atoms with E-state index in [2.05, 4.69) is 0 Å². The standard InChI is InChI=1S/C19H26N2O8S2/c1-4-29-19(23)14-6-5-9-20(11-14)31(26,27)17-10-15(7-8-16(17)28-3)21-18(22)13(2)12-30(21,24)25/h7-8,10,13-14H,4-6,9,11-12H2,1-3H3/t13-,14+/m1/s1. The Labute approximate surface area is 182 Å². The average Bonchev–Trinajstić information content (AvgIpc) is 2.94.